The molecule has 0 unspecified atom stereocenters. The van der Waals surface area contributed by atoms with Crippen LogP contribution in [-0.2, 0) is 0 Å². The quantitative estimate of drug-likeness (QED) is 0.833. The summed E-state index contributed by atoms with van der Waals surface area (Å²) < 4.78 is 0. The molecule has 0 bridgehead atoms. The molecule has 110 valence electrons. The molecule has 0 spiro atoms. The summed E-state index contributed by atoms with van der Waals surface area (Å²) in [7, 11) is 0. The van der Waals surface area contributed by atoms with E-state index in [0.29, 0.717) is 6.42 Å². The normalized spacial score (nSPS) is 17.0. The number of para-hydroxylation sites is 1. The van der Waals surface area contributed by atoms with Crippen molar-refractivity contribution in [2.75, 3.05) is 44.2 Å². The van der Waals surface area contributed by atoms with Crippen LogP contribution in [0.2, 0.25) is 0 Å². The zero-order chi connectivity index (χ0) is 14.4. The number of aliphatic hydroxyl groups excluding tert-OH is 1. The van der Waals surface area contributed by atoms with Gasteiger partial charge in [0.25, 0.3) is 0 Å². The van der Waals surface area contributed by atoms with Gasteiger partial charge in [-0.05, 0) is 25.1 Å². The number of hydrogen-bond acceptors (Lipinski definition) is 4. The maximum atomic E-state index is 12.1. The summed E-state index contributed by atoms with van der Waals surface area (Å²) in [6, 6.07) is 7.91. The number of rotatable bonds is 5. The van der Waals surface area contributed by atoms with E-state index in [4.69, 9.17) is 5.11 Å². The minimum atomic E-state index is 0.206. The zero-order valence-corrected chi connectivity index (χ0v) is 12.2. The molecule has 0 aromatic heterocycles. The highest BCUT2D eigenvalue weighted by atomic mass is 16.3. The molecule has 0 amide bonds. The molecule has 1 aliphatic rings. The number of carbonyl (C=O) groups excluding carboxylic acids is 1. The Kier molecular flexibility index (Phi) is 5.56. The minimum absolute atomic E-state index is 0.206. The summed E-state index contributed by atoms with van der Waals surface area (Å²) in [4.78, 5) is 16.6. The van der Waals surface area contributed by atoms with Gasteiger partial charge in [0.2, 0.25) is 0 Å². The Morgan fingerprint density at radius 3 is 2.75 bits per heavy atom. The lowest BCUT2D eigenvalue weighted by Crippen LogP contribution is -2.33. The Hall–Kier alpha value is -1.39. The van der Waals surface area contributed by atoms with Gasteiger partial charge < -0.3 is 10.0 Å². The van der Waals surface area contributed by atoms with Crippen LogP contribution in [0.4, 0.5) is 5.69 Å². The van der Waals surface area contributed by atoms with Gasteiger partial charge in [-0.25, -0.2) is 0 Å². The van der Waals surface area contributed by atoms with Gasteiger partial charge in [-0.2, -0.15) is 0 Å². The monoisotopic (exact) mass is 276 g/mol. The molecule has 4 heteroatoms. The van der Waals surface area contributed by atoms with Crippen molar-refractivity contribution in [3.8, 4) is 0 Å². The first-order valence-electron chi connectivity index (χ1n) is 7.46. The van der Waals surface area contributed by atoms with Crippen molar-refractivity contribution in [3.05, 3.63) is 29.8 Å². The molecule has 0 aliphatic carbocycles. The molecular formula is C16H24N2O2. The topological polar surface area (TPSA) is 43.8 Å². The molecule has 0 atom stereocenters. The molecule has 1 aromatic rings. The molecule has 2 rings (SSSR count). The lowest BCUT2D eigenvalue weighted by Gasteiger charge is -2.25. The van der Waals surface area contributed by atoms with E-state index < -0.39 is 0 Å². The Bertz CT molecular complexity index is 448. The van der Waals surface area contributed by atoms with E-state index in [-0.39, 0.29) is 12.4 Å². The van der Waals surface area contributed by atoms with Crippen LogP contribution in [0.1, 0.15) is 30.1 Å². The van der Waals surface area contributed by atoms with Gasteiger partial charge in [0.15, 0.2) is 5.78 Å². The average molecular weight is 276 g/mol. The van der Waals surface area contributed by atoms with Crippen LogP contribution in [0.3, 0.4) is 0 Å². The number of nitrogens with zero attached hydrogens (tertiary/aromatic N) is 2. The van der Waals surface area contributed by atoms with Crippen LogP contribution < -0.4 is 4.90 Å². The fourth-order valence-electron chi connectivity index (χ4n) is 2.75. The van der Waals surface area contributed by atoms with Crippen molar-refractivity contribution in [3.63, 3.8) is 0 Å². The van der Waals surface area contributed by atoms with E-state index in [2.05, 4.69) is 9.80 Å². The molecule has 4 nitrogen and oxygen atoms in total. The SMILES string of the molecule is CCC(=O)c1ccccc1N1CCCN(CCO)CC1. The third-order valence-corrected chi connectivity index (χ3v) is 3.87. The first kappa shape index (κ1) is 15.0. The van der Waals surface area contributed by atoms with Crippen LogP contribution in [0.15, 0.2) is 24.3 Å². The number of carbonyl (C=O) groups is 1. The van der Waals surface area contributed by atoms with E-state index in [9.17, 15) is 4.79 Å². The van der Waals surface area contributed by atoms with Crippen LogP contribution in [-0.4, -0.2) is 55.1 Å². The van der Waals surface area contributed by atoms with Crippen molar-refractivity contribution in [2.24, 2.45) is 0 Å². The lowest BCUT2D eigenvalue weighted by molar-refractivity contribution is 0.0988. The third kappa shape index (κ3) is 3.58. The maximum Gasteiger partial charge on any atom is 0.164 e. The molecule has 1 N–H and O–H groups in total. The highest BCUT2D eigenvalue weighted by molar-refractivity contribution is 6.01. The van der Waals surface area contributed by atoms with Crippen molar-refractivity contribution >= 4 is 11.5 Å². The maximum absolute atomic E-state index is 12.1. The fraction of sp³-hybridized carbons (Fsp3) is 0.562. The minimum Gasteiger partial charge on any atom is -0.395 e. The highest BCUT2D eigenvalue weighted by Crippen LogP contribution is 2.23. The largest absolute Gasteiger partial charge is 0.395 e. The van der Waals surface area contributed by atoms with Crippen molar-refractivity contribution in [1.82, 2.24) is 4.90 Å². The molecule has 0 radical (unpaired) electrons. The molecule has 1 aromatic carbocycles. The van der Waals surface area contributed by atoms with Crippen LogP contribution >= 0.6 is 0 Å². The number of aliphatic hydroxyl groups is 1. The van der Waals surface area contributed by atoms with Crippen LogP contribution in [0.5, 0.6) is 0 Å². The number of Topliss-reactive ketones (excluding diaryl/α,β-unsaturated/α-hetero) is 1. The lowest BCUT2D eigenvalue weighted by atomic mass is 10.1. The summed E-state index contributed by atoms with van der Waals surface area (Å²) in [5.74, 6) is 0.206. The van der Waals surface area contributed by atoms with Crippen LogP contribution in [0, 0.1) is 0 Å². The van der Waals surface area contributed by atoms with E-state index in [1.165, 1.54) is 0 Å². The number of hydrogen-bond donors (Lipinski definition) is 1. The molecule has 1 aliphatic heterocycles. The second kappa shape index (κ2) is 7.41. The number of anilines is 1. The predicted molar refractivity (Wildman–Crippen MR) is 81.4 cm³/mol. The Morgan fingerprint density at radius 2 is 2.00 bits per heavy atom. The van der Waals surface area contributed by atoms with E-state index in [1.54, 1.807) is 0 Å². The van der Waals surface area contributed by atoms with Gasteiger partial charge in [0.1, 0.15) is 0 Å². The standard InChI is InChI=1S/C16H24N2O2/c1-2-16(20)14-6-3-4-7-15(14)18-9-5-8-17(10-11-18)12-13-19/h3-4,6-7,19H,2,5,8-13H2,1H3. The fourth-order valence-corrected chi connectivity index (χ4v) is 2.75. The van der Waals surface area contributed by atoms with Gasteiger partial charge >= 0.3 is 0 Å². The predicted octanol–water partition coefficient (Wildman–Crippen LogP) is 1.78. The van der Waals surface area contributed by atoms with Gasteiger partial charge in [-0.1, -0.05) is 19.1 Å². The molecule has 1 saturated heterocycles. The molecule has 1 fully saturated rings. The first-order chi connectivity index (χ1) is 9.76. The number of β-amino-alcohol motifs (C(OH)–C–C–N with tert-alkyl or cyclic N) is 1. The Labute approximate surface area is 121 Å². The van der Waals surface area contributed by atoms with Crippen molar-refractivity contribution in [2.45, 2.75) is 19.8 Å². The average Bonchev–Trinajstić information content (AvgIpc) is 2.72. The van der Waals surface area contributed by atoms with E-state index in [0.717, 1.165) is 50.4 Å². The summed E-state index contributed by atoms with van der Waals surface area (Å²) in [6.07, 6.45) is 1.61. The van der Waals surface area contributed by atoms with Gasteiger partial charge in [0.05, 0.1) is 6.61 Å². The summed E-state index contributed by atoms with van der Waals surface area (Å²) in [5, 5.41) is 9.04. The highest BCUT2D eigenvalue weighted by Gasteiger charge is 2.18. The smallest absolute Gasteiger partial charge is 0.164 e. The molecule has 20 heavy (non-hydrogen) atoms. The van der Waals surface area contributed by atoms with Crippen molar-refractivity contribution in [1.29, 1.82) is 0 Å². The Balaban J connectivity index is 2.13. The molecule has 0 saturated carbocycles. The summed E-state index contributed by atoms with van der Waals surface area (Å²) >= 11 is 0. The number of benzene rings is 1. The Morgan fingerprint density at radius 1 is 1.20 bits per heavy atom. The molecular weight excluding hydrogens is 252 g/mol. The third-order valence-electron chi connectivity index (χ3n) is 3.87. The van der Waals surface area contributed by atoms with Gasteiger partial charge in [0, 0.05) is 43.9 Å². The zero-order valence-electron chi connectivity index (χ0n) is 12.2. The van der Waals surface area contributed by atoms with Crippen molar-refractivity contribution < 1.29 is 9.90 Å². The second-order valence-corrected chi connectivity index (χ2v) is 5.20. The van der Waals surface area contributed by atoms with Crippen LogP contribution in [0.25, 0.3) is 0 Å². The van der Waals surface area contributed by atoms with Gasteiger partial charge in [-0.3, -0.25) is 9.69 Å². The van der Waals surface area contributed by atoms with Gasteiger partial charge in [-0.15, -0.1) is 0 Å². The summed E-state index contributed by atoms with van der Waals surface area (Å²) in [5.41, 5.74) is 1.90. The first-order valence-corrected chi connectivity index (χ1v) is 7.46. The van der Waals surface area contributed by atoms with E-state index >= 15 is 0 Å². The number of ketones is 1. The summed E-state index contributed by atoms with van der Waals surface area (Å²) in [6.45, 7) is 6.69. The molecule has 1 heterocycles. The van der Waals surface area contributed by atoms with E-state index in [1.807, 2.05) is 31.2 Å². The second-order valence-electron chi connectivity index (χ2n) is 5.20.